The molecule has 2 N–H and O–H groups in total. The smallest absolute Gasteiger partial charge is 0.305 e. The number of halogens is 1. The number of carboxylic acids is 1. The van der Waals surface area contributed by atoms with Crippen LogP contribution in [0.3, 0.4) is 0 Å². The van der Waals surface area contributed by atoms with E-state index in [0.29, 0.717) is 13.1 Å². The van der Waals surface area contributed by atoms with Crippen molar-refractivity contribution in [3.05, 3.63) is 70.2 Å². The standard InChI is InChI=1S/C23H22N2O3S2.ClH/c1-16(15-22-25(12-13-26)18-7-3-5-9-20(18)30-22)14-21-24(11-10-23(27)28)17-6-2-4-8-19(17)29-21;/h2-9,14-15,26H,10-13H2,1H3;1H. The van der Waals surface area contributed by atoms with Gasteiger partial charge in [0.15, 0.2) is 6.54 Å². The SMILES string of the molecule is CC(=C/c1sc2ccccc2[n+]1CCO)/C=C1/Sc2ccccc2N1CCC(=O)O.[Cl-]. The molecule has 0 spiro atoms. The molecular formula is C23H23ClN2O3S2. The number of aliphatic hydroxyl groups excluding tert-OH is 1. The van der Waals surface area contributed by atoms with E-state index in [-0.39, 0.29) is 25.4 Å². The number of hydrogen-bond acceptors (Lipinski definition) is 5. The minimum Gasteiger partial charge on any atom is -1.00 e. The highest BCUT2D eigenvalue weighted by molar-refractivity contribution is 8.03. The van der Waals surface area contributed by atoms with Crippen molar-refractivity contribution in [2.24, 2.45) is 0 Å². The lowest BCUT2D eigenvalue weighted by atomic mass is 10.2. The molecule has 0 unspecified atom stereocenters. The number of hydrogen-bond donors (Lipinski definition) is 2. The van der Waals surface area contributed by atoms with Crippen LogP contribution in [0.25, 0.3) is 16.3 Å². The number of benzene rings is 2. The Morgan fingerprint density at radius 2 is 1.90 bits per heavy atom. The molecule has 3 aromatic rings. The molecule has 2 heterocycles. The summed E-state index contributed by atoms with van der Waals surface area (Å²) in [7, 11) is 0. The fourth-order valence-electron chi connectivity index (χ4n) is 3.52. The van der Waals surface area contributed by atoms with Gasteiger partial charge in [-0.15, -0.1) is 0 Å². The number of anilines is 1. The lowest BCUT2D eigenvalue weighted by Crippen LogP contribution is -3.00. The average Bonchev–Trinajstić information content (AvgIpc) is 3.24. The van der Waals surface area contributed by atoms with E-state index in [1.54, 1.807) is 23.1 Å². The summed E-state index contributed by atoms with van der Waals surface area (Å²) in [5.41, 5.74) is 3.25. The number of thioether (sulfide) groups is 1. The first-order valence-corrected chi connectivity index (χ1v) is 11.4. The van der Waals surface area contributed by atoms with Gasteiger partial charge in [0, 0.05) is 23.6 Å². The molecule has 1 aliphatic heterocycles. The van der Waals surface area contributed by atoms with Gasteiger partial charge in [-0.1, -0.05) is 47.4 Å². The monoisotopic (exact) mass is 474 g/mol. The van der Waals surface area contributed by atoms with E-state index >= 15 is 0 Å². The Kier molecular flexibility index (Phi) is 7.78. The Morgan fingerprint density at radius 1 is 1.16 bits per heavy atom. The highest BCUT2D eigenvalue weighted by atomic mass is 35.5. The molecule has 4 rings (SSSR count). The zero-order valence-electron chi connectivity index (χ0n) is 17.0. The molecule has 8 heteroatoms. The molecule has 0 fully saturated rings. The fourth-order valence-corrected chi connectivity index (χ4v) is 5.92. The van der Waals surface area contributed by atoms with Crippen LogP contribution < -0.4 is 21.9 Å². The molecule has 0 saturated heterocycles. The fraction of sp³-hybridized carbons (Fsp3) is 0.217. The van der Waals surface area contributed by atoms with Gasteiger partial charge in [-0.25, -0.2) is 0 Å². The maximum absolute atomic E-state index is 11.1. The highest BCUT2D eigenvalue weighted by Gasteiger charge is 2.25. The number of aromatic nitrogens is 1. The summed E-state index contributed by atoms with van der Waals surface area (Å²) in [5, 5.41) is 20.8. The molecule has 0 aliphatic carbocycles. The third-order valence-corrected chi connectivity index (χ3v) is 7.07. The van der Waals surface area contributed by atoms with Gasteiger partial charge in [-0.05, 0) is 36.8 Å². The second-order valence-electron chi connectivity index (χ2n) is 7.02. The summed E-state index contributed by atoms with van der Waals surface area (Å²) in [6, 6.07) is 16.3. The number of rotatable bonds is 7. The van der Waals surface area contributed by atoms with Gasteiger partial charge < -0.3 is 27.5 Å². The molecule has 0 atom stereocenters. The van der Waals surface area contributed by atoms with Crippen LogP contribution in [0.2, 0.25) is 0 Å². The van der Waals surface area contributed by atoms with Crippen LogP contribution >= 0.6 is 23.1 Å². The first kappa shape index (κ1) is 23.3. The van der Waals surface area contributed by atoms with Crippen LogP contribution in [0, 0.1) is 0 Å². The molecule has 5 nitrogen and oxygen atoms in total. The topological polar surface area (TPSA) is 64.7 Å². The minimum atomic E-state index is -0.800. The van der Waals surface area contributed by atoms with E-state index < -0.39 is 5.97 Å². The Morgan fingerprint density at radius 3 is 2.68 bits per heavy atom. The summed E-state index contributed by atoms with van der Waals surface area (Å²) >= 11 is 3.36. The number of allylic oxidation sites excluding steroid dienone is 2. The third-order valence-electron chi connectivity index (χ3n) is 4.85. The first-order valence-electron chi connectivity index (χ1n) is 9.75. The molecule has 2 aromatic carbocycles. The van der Waals surface area contributed by atoms with Crippen molar-refractivity contribution >= 4 is 51.0 Å². The van der Waals surface area contributed by atoms with Gasteiger partial charge in [0.1, 0.15) is 11.3 Å². The predicted molar refractivity (Wildman–Crippen MR) is 123 cm³/mol. The lowest BCUT2D eigenvalue weighted by molar-refractivity contribution is -0.670. The Balaban J connectivity index is 0.00000272. The van der Waals surface area contributed by atoms with E-state index in [1.165, 1.54) is 4.70 Å². The molecule has 162 valence electrons. The summed E-state index contributed by atoms with van der Waals surface area (Å²) in [6.07, 6.45) is 4.33. The van der Waals surface area contributed by atoms with Crippen LogP contribution in [0.5, 0.6) is 0 Å². The average molecular weight is 475 g/mol. The van der Waals surface area contributed by atoms with Crippen molar-refractivity contribution in [3.8, 4) is 0 Å². The van der Waals surface area contributed by atoms with Crippen molar-refractivity contribution in [2.75, 3.05) is 18.1 Å². The molecule has 1 aliphatic rings. The number of nitrogens with zero attached hydrogens (tertiary/aromatic N) is 2. The van der Waals surface area contributed by atoms with Crippen LogP contribution in [-0.2, 0) is 11.3 Å². The second kappa shape index (κ2) is 10.3. The number of aliphatic carboxylic acids is 1. The number of para-hydroxylation sites is 2. The maximum Gasteiger partial charge on any atom is 0.305 e. The van der Waals surface area contributed by atoms with Gasteiger partial charge in [-0.3, -0.25) is 4.79 Å². The van der Waals surface area contributed by atoms with E-state index in [0.717, 1.165) is 31.7 Å². The summed E-state index contributed by atoms with van der Waals surface area (Å²) in [6.45, 7) is 3.12. The maximum atomic E-state index is 11.1. The van der Waals surface area contributed by atoms with Crippen molar-refractivity contribution < 1.29 is 32.0 Å². The number of carboxylic acid groups (broad SMARTS) is 1. The molecule has 0 bridgehead atoms. The van der Waals surface area contributed by atoms with E-state index in [2.05, 4.69) is 46.7 Å². The Hall–Kier alpha value is -2.32. The van der Waals surface area contributed by atoms with E-state index in [1.807, 2.05) is 30.3 Å². The Labute approximate surface area is 195 Å². The normalized spacial score (nSPS) is 14.7. The zero-order valence-corrected chi connectivity index (χ0v) is 19.4. The summed E-state index contributed by atoms with van der Waals surface area (Å²) < 4.78 is 3.32. The van der Waals surface area contributed by atoms with Crippen LogP contribution in [0.1, 0.15) is 18.4 Å². The number of aliphatic hydroxyl groups is 1. The van der Waals surface area contributed by atoms with Gasteiger partial charge in [-0.2, -0.15) is 4.57 Å². The predicted octanol–water partition coefficient (Wildman–Crippen LogP) is 1.52. The molecule has 0 saturated carbocycles. The van der Waals surface area contributed by atoms with Gasteiger partial charge in [0.05, 0.1) is 17.1 Å². The van der Waals surface area contributed by atoms with E-state index in [9.17, 15) is 9.90 Å². The van der Waals surface area contributed by atoms with Crippen LogP contribution in [-0.4, -0.2) is 29.3 Å². The largest absolute Gasteiger partial charge is 1.00 e. The van der Waals surface area contributed by atoms with Crippen LogP contribution in [0.4, 0.5) is 5.69 Å². The van der Waals surface area contributed by atoms with Crippen molar-refractivity contribution in [1.82, 2.24) is 0 Å². The molecule has 1 aromatic heterocycles. The third kappa shape index (κ3) is 5.13. The quantitative estimate of drug-likeness (QED) is 0.508. The minimum absolute atomic E-state index is 0. The Bertz CT molecular complexity index is 1160. The summed E-state index contributed by atoms with van der Waals surface area (Å²) in [4.78, 5) is 14.4. The molecule has 31 heavy (non-hydrogen) atoms. The number of thiazole rings is 1. The summed E-state index contributed by atoms with van der Waals surface area (Å²) in [5.74, 6) is -0.800. The molecule has 0 amide bonds. The number of fused-ring (bicyclic) bond motifs is 2. The number of carbonyl (C=O) groups is 1. The van der Waals surface area contributed by atoms with Gasteiger partial charge in [0.2, 0.25) is 5.52 Å². The van der Waals surface area contributed by atoms with E-state index in [4.69, 9.17) is 5.11 Å². The molecular weight excluding hydrogens is 452 g/mol. The van der Waals surface area contributed by atoms with Crippen LogP contribution in [0.15, 0.2) is 70.1 Å². The first-order chi connectivity index (χ1) is 14.6. The van der Waals surface area contributed by atoms with Crippen molar-refractivity contribution in [3.63, 3.8) is 0 Å². The van der Waals surface area contributed by atoms with Gasteiger partial charge in [0.25, 0.3) is 5.01 Å². The molecule has 0 radical (unpaired) electrons. The van der Waals surface area contributed by atoms with Crippen molar-refractivity contribution in [1.29, 1.82) is 0 Å². The van der Waals surface area contributed by atoms with Crippen molar-refractivity contribution in [2.45, 2.75) is 24.8 Å². The highest BCUT2D eigenvalue weighted by Crippen LogP contribution is 2.46. The van der Waals surface area contributed by atoms with Gasteiger partial charge >= 0.3 is 5.97 Å². The lowest BCUT2D eigenvalue weighted by Gasteiger charge is -2.19. The zero-order chi connectivity index (χ0) is 21.1. The second-order valence-corrected chi connectivity index (χ2v) is 9.14.